The van der Waals surface area contributed by atoms with E-state index in [1.54, 1.807) is 36.1 Å². The molecule has 1 fully saturated rings. The first-order valence-electron chi connectivity index (χ1n) is 7.08. The van der Waals surface area contributed by atoms with E-state index < -0.39 is 17.9 Å². The third-order valence-corrected chi connectivity index (χ3v) is 3.54. The lowest BCUT2D eigenvalue weighted by Crippen LogP contribution is -2.38. The summed E-state index contributed by atoms with van der Waals surface area (Å²) in [5.74, 6) is -1.72. The van der Waals surface area contributed by atoms with E-state index in [4.69, 9.17) is 10.8 Å². The number of hydrogen-bond donors (Lipinski definition) is 3. The number of aliphatic carboxylic acids is 1. The Morgan fingerprint density at radius 2 is 1.91 bits per heavy atom. The maximum atomic E-state index is 12.5. The topological polar surface area (TPSA) is 113 Å². The maximum absolute atomic E-state index is 12.5. The fraction of sp³-hybridized carbons (Fsp3) is 0.400. The summed E-state index contributed by atoms with van der Waals surface area (Å²) >= 11 is 0. The van der Waals surface area contributed by atoms with Crippen molar-refractivity contribution in [2.45, 2.75) is 25.8 Å². The van der Waals surface area contributed by atoms with Crippen LogP contribution in [-0.4, -0.2) is 40.5 Å². The lowest BCUT2D eigenvalue weighted by atomic mass is 10.1. The number of carbonyl (C=O) groups is 3. The molecule has 2 rings (SSSR count). The van der Waals surface area contributed by atoms with Gasteiger partial charge in [-0.1, -0.05) is 6.92 Å². The summed E-state index contributed by atoms with van der Waals surface area (Å²) in [4.78, 5) is 35.9. The average molecular weight is 305 g/mol. The molecule has 0 radical (unpaired) electrons. The number of carbonyl (C=O) groups excluding carboxylic acids is 2. The van der Waals surface area contributed by atoms with Crippen LogP contribution in [0.5, 0.6) is 0 Å². The Hall–Kier alpha value is -2.57. The number of hydrogen-bond acceptors (Lipinski definition) is 3. The van der Waals surface area contributed by atoms with Gasteiger partial charge in [0, 0.05) is 23.8 Å². The Bertz CT molecular complexity index is 581. The number of amides is 3. The minimum Gasteiger partial charge on any atom is -0.481 e. The third-order valence-electron chi connectivity index (χ3n) is 3.54. The number of primary amides is 1. The summed E-state index contributed by atoms with van der Waals surface area (Å²) in [5.41, 5.74) is 5.98. The van der Waals surface area contributed by atoms with Gasteiger partial charge in [-0.05, 0) is 37.1 Å². The molecular weight excluding hydrogens is 286 g/mol. The van der Waals surface area contributed by atoms with E-state index in [0.717, 1.165) is 12.8 Å². The molecule has 3 amide bonds. The second kappa shape index (κ2) is 6.46. The number of carboxylic acid groups (broad SMARTS) is 1. The van der Waals surface area contributed by atoms with Crippen LogP contribution >= 0.6 is 0 Å². The molecule has 118 valence electrons. The normalized spacial score (nSPS) is 15.0. The number of rotatable bonds is 6. The second-order valence-corrected chi connectivity index (χ2v) is 5.49. The summed E-state index contributed by atoms with van der Waals surface area (Å²) < 4.78 is 0. The molecule has 7 heteroatoms. The van der Waals surface area contributed by atoms with E-state index in [0.29, 0.717) is 11.3 Å². The summed E-state index contributed by atoms with van der Waals surface area (Å²) in [6.45, 7) is 1.78. The molecule has 1 aromatic rings. The van der Waals surface area contributed by atoms with E-state index in [2.05, 4.69) is 5.32 Å². The standard InChI is InChI=1S/C15H19N3O4/c1-9(14(20)21)8-18(12-6-7-12)13(19)10-2-4-11(5-3-10)17-15(16)22/h2-5,9,12H,6-8H2,1H3,(H,20,21)(H3,16,17,22). The fourth-order valence-electron chi connectivity index (χ4n) is 2.16. The van der Waals surface area contributed by atoms with Crippen molar-refractivity contribution in [3.63, 3.8) is 0 Å². The van der Waals surface area contributed by atoms with Crippen LogP contribution in [0.3, 0.4) is 0 Å². The highest BCUT2D eigenvalue weighted by molar-refractivity contribution is 5.96. The summed E-state index contributed by atoms with van der Waals surface area (Å²) in [7, 11) is 0. The first kappa shape index (κ1) is 15.8. The highest BCUT2D eigenvalue weighted by Crippen LogP contribution is 2.29. The first-order chi connectivity index (χ1) is 10.4. The predicted molar refractivity (Wildman–Crippen MR) is 80.5 cm³/mol. The van der Waals surface area contributed by atoms with Gasteiger partial charge < -0.3 is 21.1 Å². The number of anilines is 1. The zero-order valence-corrected chi connectivity index (χ0v) is 12.3. The lowest BCUT2D eigenvalue weighted by molar-refractivity contribution is -0.141. The summed E-state index contributed by atoms with van der Waals surface area (Å²) in [5, 5.41) is 11.4. The van der Waals surface area contributed by atoms with E-state index in [-0.39, 0.29) is 18.5 Å². The Labute approximate surface area is 128 Å². The lowest BCUT2D eigenvalue weighted by Gasteiger charge is -2.24. The van der Waals surface area contributed by atoms with Crippen LogP contribution < -0.4 is 11.1 Å². The van der Waals surface area contributed by atoms with Gasteiger partial charge >= 0.3 is 12.0 Å². The zero-order chi connectivity index (χ0) is 16.3. The van der Waals surface area contributed by atoms with E-state index >= 15 is 0 Å². The van der Waals surface area contributed by atoms with Crippen LogP contribution in [0.15, 0.2) is 24.3 Å². The molecule has 0 aromatic heterocycles. The number of nitrogens with two attached hydrogens (primary N) is 1. The van der Waals surface area contributed by atoms with Crippen molar-refractivity contribution in [2.24, 2.45) is 11.7 Å². The molecule has 0 saturated heterocycles. The molecule has 1 unspecified atom stereocenters. The Kier molecular flexibility index (Phi) is 4.65. The van der Waals surface area contributed by atoms with Crippen LogP contribution in [-0.2, 0) is 4.79 Å². The number of nitrogens with zero attached hydrogens (tertiary/aromatic N) is 1. The molecule has 22 heavy (non-hydrogen) atoms. The highest BCUT2D eigenvalue weighted by atomic mass is 16.4. The molecule has 1 aromatic carbocycles. The number of carboxylic acids is 1. The van der Waals surface area contributed by atoms with Gasteiger partial charge in [0.15, 0.2) is 0 Å². The van der Waals surface area contributed by atoms with Gasteiger partial charge in [-0.25, -0.2) is 4.79 Å². The maximum Gasteiger partial charge on any atom is 0.316 e. The van der Waals surface area contributed by atoms with Crippen molar-refractivity contribution in [2.75, 3.05) is 11.9 Å². The highest BCUT2D eigenvalue weighted by Gasteiger charge is 2.34. The van der Waals surface area contributed by atoms with E-state index in [1.165, 1.54) is 0 Å². The molecule has 0 bridgehead atoms. The van der Waals surface area contributed by atoms with Crippen LogP contribution in [0, 0.1) is 5.92 Å². The van der Waals surface area contributed by atoms with Crippen molar-refractivity contribution in [1.82, 2.24) is 4.90 Å². The molecule has 1 saturated carbocycles. The second-order valence-electron chi connectivity index (χ2n) is 5.49. The molecule has 7 nitrogen and oxygen atoms in total. The van der Waals surface area contributed by atoms with Gasteiger partial charge in [0.1, 0.15) is 0 Å². The quantitative estimate of drug-likeness (QED) is 0.739. The van der Waals surface area contributed by atoms with Gasteiger partial charge in [-0.2, -0.15) is 0 Å². The van der Waals surface area contributed by atoms with Crippen molar-refractivity contribution in [3.05, 3.63) is 29.8 Å². The first-order valence-corrected chi connectivity index (χ1v) is 7.08. The summed E-state index contributed by atoms with van der Waals surface area (Å²) in [6, 6.07) is 5.81. The van der Waals surface area contributed by atoms with Gasteiger partial charge in [-0.3, -0.25) is 9.59 Å². The van der Waals surface area contributed by atoms with Gasteiger partial charge in [0.05, 0.1) is 5.92 Å². The van der Waals surface area contributed by atoms with Gasteiger partial charge in [0.2, 0.25) is 0 Å². The molecule has 1 aliphatic carbocycles. The zero-order valence-electron chi connectivity index (χ0n) is 12.3. The summed E-state index contributed by atoms with van der Waals surface area (Å²) in [6.07, 6.45) is 1.80. The third kappa shape index (κ3) is 3.97. The smallest absolute Gasteiger partial charge is 0.316 e. The largest absolute Gasteiger partial charge is 0.481 e. The molecular formula is C15H19N3O4. The Balaban J connectivity index is 2.09. The van der Waals surface area contributed by atoms with Crippen LogP contribution in [0.1, 0.15) is 30.1 Å². The van der Waals surface area contributed by atoms with Gasteiger partial charge in [-0.15, -0.1) is 0 Å². The van der Waals surface area contributed by atoms with E-state index in [9.17, 15) is 14.4 Å². The number of benzene rings is 1. The van der Waals surface area contributed by atoms with Gasteiger partial charge in [0.25, 0.3) is 5.91 Å². The average Bonchev–Trinajstić information content (AvgIpc) is 3.28. The Morgan fingerprint density at radius 1 is 1.32 bits per heavy atom. The SMILES string of the molecule is CC(CN(C(=O)c1ccc(NC(N)=O)cc1)C1CC1)C(=O)O. The molecule has 4 N–H and O–H groups in total. The van der Waals surface area contributed by atoms with Crippen molar-refractivity contribution >= 4 is 23.6 Å². The number of urea groups is 1. The molecule has 1 aliphatic rings. The minimum absolute atomic E-state index is 0.123. The fourth-order valence-corrected chi connectivity index (χ4v) is 2.16. The molecule has 1 atom stereocenters. The monoisotopic (exact) mass is 305 g/mol. The van der Waals surface area contributed by atoms with Crippen LogP contribution in [0.4, 0.5) is 10.5 Å². The van der Waals surface area contributed by atoms with Crippen molar-refractivity contribution in [1.29, 1.82) is 0 Å². The molecule has 0 heterocycles. The Morgan fingerprint density at radius 3 is 2.36 bits per heavy atom. The predicted octanol–water partition coefficient (Wildman–Crippen LogP) is 1.50. The number of nitrogens with one attached hydrogen (secondary N) is 1. The van der Waals surface area contributed by atoms with Crippen molar-refractivity contribution in [3.8, 4) is 0 Å². The van der Waals surface area contributed by atoms with E-state index in [1.807, 2.05) is 0 Å². The molecule has 0 spiro atoms. The van der Waals surface area contributed by atoms with Crippen LogP contribution in [0.2, 0.25) is 0 Å². The van der Waals surface area contributed by atoms with Crippen molar-refractivity contribution < 1.29 is 19.5 Å². The minimum atomic E-state index is -0.917. The molecule has 0 aliphatic heterocycles. The van der Waals surface area contributed by atoms with Crippen LogP contribution in [0.25, 0.3) is 0 Å².